The summed E-state index contributed by atoms with van der Waals surface area (Å²) < 4.78 is 0. The molecule has 0 fully saturated rings. The highest BCUT2D eigenvalue weighted by atomic mass is 16.4. The third kappa shape index (κ3) is 5.03. The minimum absolute atomic E-state index is 0.130. The van der Waals surface area contributed by atoms with Gasteiger partial charge in [0.2, 0.25) is 0 Å². The van der Waals surface area contributed by atoms with Crippen LogP contribution < -0.4 is 0 Å². The normalized spacial score (nSPS) is 11.5. The van der Waals surface area contributed by atoms with Crippen molar-refractivity contribution in [2.24, 2.45) is 5.41 Å². The van der Waals surface area contributed by atoms with Crippen LogP contribution in [0.15, 0.2) is 24.3 Å². The van der Waals surface area contributed by atoms with E-state index in [2.05, 4.69) is 31.2 Å². The van der Waals surface area contributed by atoms with Gasteiger partial charge in [-0.1, -0.05) is 45.0 Å². The summed E-state index contributed by atoms with van der Waals surface area (Å²) in [5, 5.41) is 8.81. The lowest BCUT2D eigenvalue weighted by molar-refractivity contribution is -0.139. The molecule has 0 saturated carbocycles. The molecule has 0 aromatic heterocycles. The van der Waals surface area contributed by atoms with Crippen LogP contribution in [0.25, 0.3) is 0 Å². The van der Waals surface area contributed by atoms with Gasteiger partial charge in [0, 0.05) is 0 Å². The molecule has 0 radical (unpaired) electrons. The van der Waals surface area contributed by atoms with E-state index in [1.165, 1.54) is 11.1 Å². The van der Waals surface area contributed by atoms with Gasteiger partial charge in [0.1, 0.15) is 0 Å². The van der Waals surface area contributed by atoms with Crippen LogP contribution >= 0.6 is 0 Å². The first-order valence-electron chi connectivity index (χ1n) is 6.22. The van der Waals surface area contributed by atoms with Crippen LogP contribution in [0.2, 0.25) is 0 Å². The lowest BCUT2D eigenvalue weighted by atomic mass is 9.83. The number of benzene rings is 1. The molecule has 17 heavy (non-hydrogen) atoms. The van der Waals surface area contributed by atoms with Gasteiger partial charge < -0.3 is 5.11 Å². The third-order valence-corrected chi connectivity index (χ3v) is 3.15. The molecule has 0 bridgehead atoms. The van der Waals surface area contributed by atoms with E-state index in [0.29, 0.717) is 0 Å². The Morgan fingerprint density at radius 1 is 1.18 bits per heavy atom. The fourth-order valence-electron chi connectivity index (χ4n) is 1.92. The zero-order valence-electron chi connectivity index (χ0n) is 11.0. The number of hydrogen-bond donors (Lipinski definition) is 1. The van der Waals surface area contributed by atoms with Gasteiger partial charge in [0.25, 0.3) is 0 Å². The lowest BCUT2D eigenvalue weighted by Crippen LogP contribution is -2.17. The molecule has 0 atom stereocenters. The standard InChI is InChI=1S/C15H22O2/c1-4-12-5-7-13(8-6-12)9-10-15(2,3)11-14(16)17/h5-8H,4,9-11H2,1-3H3,(H,16,17). The van der Waals surface area contributed by atoms with Crippen LogP contribution in [0.4, 0.5) is 0 Å². The fraction of sp³-hybridized carbons (Fsp3) is 0.533. The molecule has 1 rings (SSSR count). The molecule has 1 N–H and O–H groups in total. The highest BCUT2D eigenvalue weighted by Crippen LogP contribution is 2.27. The number of carboxylic acid groups (broad SMARTS) is 1. The minimum atomic E-state index is -0.712. The van der Waals surface area contributed by atoms with Crippen molar-refractivity contribution >= 4 is 5.97 Å². The average molecular weight is 234 g/mol. The van der Waals surface area contributed by atoms with Crippen molar-refractivity contribution < 1.29 is 9.90 Å². The SMILES string of the molecule is CCc1ccc(CCC(C)(C)CC(=O)O)cc1. The number of carboxylic acids is 1. The molecular formula is C15H22O2. The molecule has 0 saturated heterocycles. The lowest BCUT2D eigenvalue weighted by Gasteiger charge is -2.22. The Hall–Kier alpha value is -1.31. The quantitative estimate of drug-likeness (QED) is 0.815. The van der Waals surface area contributed by atoms with Gasteiger partial charge in [-0.05, 0) is 35.8 Å². The zero-order valence-corrected chi connectivity index (χ0v) is 11.0. The number of rotatable bonds is 6. The number of aliphatic carboxylic acids is 1. The summed E-state index contributed by atoms with van der Waals surface area (Å²) in [6.07, 6.45) is 3.15. The Kier molecular flexibility index (Phi) is 4.73. The number of aryl methyl sites for hydroxylation is 2. The molecular weight excluding hydrogens is 212 g/mol. The van der Waals surface area contributed by atoms with E-state index < -0.39 is 5.97 Å². The first-order chi connectivity index (χ1) is 7.93. The van der Waals surface area contributed by atoms with Crippen molar-refractivity contribution in [2.75, 3.05) is 0 Å². The summed E-state index contributed by atoms with van der Waals surface area (Å²) in [6.45, 7) is 6.17. The highest BCUT2D eigenvalue weighted by Gasteiger charge is 2.21. The molecule has 2 nitrogen and oxygen atoms in total. The van der Waals surface area contributed by atoms with Crippen LogP contribution in [0.3, 0.4) is 0 Å². The summed E-state index contributed by atoms with van der Waals surface area (Å²) in [5.74, 6) is -0.712. The van der Waals surface area contributed by atoms with Gasteiger partial charge in [-0.25, -0.2) is 0 Å². The Morgan fingerprint density at radius 3 is 2.18 bits per heavy atom. The van der Waals surface area contributed by atoms with E-state index in [-0.39, 0.29) is 11.8 Å². The van der Waals surface area contributed by atoms with Crippen molar-refractivity contribution in [3.8, 4) is 0 Å². The first kappa shape index (κ1) is 13.8. The summed E-state index contributed by atoms with van der Waals surface area (Å²) >= 11 is 0. The summed E-state index contributed by atoms with van der Waals surface area (Å²) in [5.41, 5.74) is 2.51. The van der Waals surface area contributed by atoms with Crippen LogP contribution in [0.5, 0.6) is 0 Å². The van der Waals surface area contributed by atoms with E-state index >= 15 is 0 Å². The monoisotopic (exact) mass is 234 g/mol. The summed E-state index contributed by atoms with van der Waals surface area (Å²) in [7, 11) is 0. The second-order valence-electron chi connectivity index (χ2n) is 5.40. The van der Waals surface area contributed by atoms with Crippen molar-refractivity contribution in [2.45, 2.75) is 46.5 Å². The molecule has 2 heteroatoms. The van der Waals surface area contributed by atoms with Crippen LogP contribution in [0, 0.1) is 5.41 Å². The molecule has 0 aliphatic rings. The molecule has 0 aliphatic heterocycles. The second kappa shape index (κ2) is 5.85. The average Bonchev–Trinajstić information content (AvgIpc) is 2.25. The molecule has 94 valence electrons. The van der Waals surface area contributed by atoms with Gasteiger partial charge in [0.15, 0.2) is 0 Å². The molecule has 0 heterocycles. The van der Waals surface area contributed by atoms with Crippen LogP contribution in [0.1, 0.15) is 44.7 Å². The summed E-state index contributed by atoms with van der Waals surface area (Å²) in [6, 6.07) is 8.60. The Morgan fingerprint density at radius 2 is 1.71 bits per heavy atom. The Bertz CT molecular complexity index is 363. The molecule has 0 aliphatic carbocycles. The maximum absolute atomic E-state index is 10.7. The first-order valence-corrected chi connectivity index (χ1v) is 6.22. The Balaban J connectivity index is 2.51. The molecule has 1 aromatic rings. The van der Waals surface area contributed by atoms with Crippen molar-refractivity contribution in [1.82, 2.24) is 0 Å². The predicted octanol–water partition coefficient (Wildman–Crippen LogP) is 3.68. The van der Waals surface area contributed by atoms with Crippen LogP contribution in [-0.4, -0.2) is 11.1 Å². The zero-order chi connectivity index (χ0) is 12.9. The third-order valence-electron chi connectivity index (χ3n) is 3.15. The van der Waals surface area contributed by atoms with E-state index in [0.717, 1.165) is 19.3 Å². The smallest absolute Gasteiger partial charge is 0.303 e. The second-order valence-corrected chi connectivity index (χ2v) is 5.40. The van der Waals surface area contributed by atoms with Gasteiger partial charge in [-0.15, -0.1) is 0 Å². The Labute approximate surface area is 104 Å². The molecule has 1 aromatic carbocycles. The van der Waals surface area contributed by atoms with E-state index in [1.807, 2.05) is 13.8 Å². The predicted molar refractivity (Wildman–Crippen MR) is 70.2 cm³/mol. The molecule has 0 unspecified atom stereocenters. The number of carbonyl (C=O) groups is 1. The van der Waals surface area contributed by atoms with Crippen molar-refractivity contribution in [3.63, 3.8) is 0 Å². The summed E-state index contributed by atoms with van der Waals surface area (Å²) in [4.78, 5) is 10.7. The van der Waals surface area contributed by atoms with Crippen LogP contribution in [-0.2, 0) is 17.6 Å². The van der Waals surface area contributed by atoms with E-state index in [1.54, 1.807) is 0 Å². The maximum Gasteiger partial charge on any atom is 0.303 e. The minimum Gasteiger partial charge on any atom is -0.481 e. The van der Waals surface area contributed by atoms with E-state index in [9.17, 15) is 4.79 Å². The van der Waals surface area contributed by atoms with Gasteiger partial charge in [0.05, 0.1) is 6.42 Å². The van der Waals surface area contributed by atoms with E-state index in [4.69, 9.17) is 5.11 Å². The van der Waals surface area contributed by atoms with Gasteiger partial charge in [-0.2, -0.15) is 0 Å². The van der Waals surface area contributed by atoms with Gasteiger partial charge in [-0.3, -0.25) is 4.79 Å². The highest BCUT2D eigenvalue weighted by molar-refractivity contribution is 5.67. The van der Waals surface area contributed by atoms with Crippen molar-refractivity contribution in [3.05, 3.63) is 35.4 Å². The number of hydrogen-bond acceptors (Lipinski definition) is 1. The van der Waals surface area contributed by atoms with Gasteiger partial charge >= 0.3 is 5.97 Å². The molecule has 0 spiro atoms. The van der Waals surface area contributed by atoms with Crippen molar-refractivity contribution in [1.29, 1.82) is 0 Å². The largest absolute Gasteiger partial charge is 0.481 e. The maximum atomic E-state index is 10.7. The fourth-order valence-corrected chi connectivity index (χ4v) is 1.92. The molecule has 0 amide bonds. The topological polar surface area (TPSA) is 37.3 Å².